The van der Waals surface area contributed by atoms with Crippen LogP contribution in [0.25, 0.3) is 0 Å². The van der Waals surface area contributed by atoms with E-state index < -0.39 is 0 Å². The van der Waals surface area contributed by atoms with Crippen LogP contribution < -0.4 is 0 Å². The van der Waals surface area contributed by atoms with Crippen LogP contribution in [0.5, 0.6) is 0 Å². The van der Waals surface area contributed by atoms with Gasteiger partial charge in [0.15, 0.2) is 0 Å². The third-order valence-corrected chi connectivity index (χ3v) is 6.90. The normalized spacial score (nSPS) is 29.3. The first-order chi connectivity index (χ1) is 11.0. The highest BCUT2D eigenvalue weighted by atomic mass is 15.2. The van der Waals surface area contributed by atoms with Gasteiger partial charge in [0.25, 0.3) is 0 Å². The van der Waals surface area contributed by atoms with Crippen molar-refractivity contribution in [2.75, 3.05) is 13.1 Å². The van der Waals surface area contributed by atoms with E-state index in [9.17, 15) is 0 Å². The Hall–Kier alpha value is -0.0400. The maximum absolute atomic E-state index is 2.78. The van der Waals surface area contributed by atoms with Crippen LogP contribution in [-0.4, -0.2) is 24.0 Å². The predicted molar refractivity (Wildman–Crippen MR) is 103 cm³/mol. The van der Waals surface area contributed by atoms with Gasteiger partial charge in [-0.2, -0.15) is 0 Å². The molecule has 1 aliphatic heterocycles. The van der Waals surface area contributed by atoms with Gasteiger partial charge in [-0.1, -0.05) is 53.4 Å². The minimum absolute atomic E-state index is 0.816. The average Bonchev–Trinajstić information content (AvgIpc) is 2.53. The lowest BCUT2D eigenvalue weighted by Crippen LogP contribution is -2.41. The van der Waals surface area contributed by atoms with Crippen molar-refractivity contribution in [3.63, 3.8) is 0 Å². The standard InChI is InChI=1S/C22H43N/c1-17(2)16-21-10-8-20(9-11-21)7-6-19(5)23-14-12-22(13-15-23)18(3)4/h17-22H,6-16H2,1-5H3. The lowest BCUT2D eigenvalue weighted by molar-refractivity contribution is 0.110. The van der Waals surface area contributed by atoms with Gasteiger partial charge in [-0.3, -0.25) is 0 Å². The van der Waals surface area contributed by atoms with E-state index in [-0.39, 0.29) is 0 Å². The number of piperidine rings is 1. The van der Waals surface area contributed by atoms with Gasteiger partial charge in [0.05, 0.1) is 0 Å². The summed E-state index contributed by atoms with van der Waals surface area (Å²) in [7, 11) is 0. The van der Waals surface area contributed by atoms with E-state index in [1.807, 2.05) is 0 Å². The molecule has 0 bridgehead atoms. The second-order valence-electron chi connectivity index (χ2n) is 9.56. The largest absolute Gasteiger partial charge is 0.301 e. The molecule has 2 fully saturated rings. The lowest BCUT2D eigenvalue weighted by atomic mass is 9.76. The van der Waals surface area contributed by atoms with Crippen LogP contribution in [0.15, 0.2) is 0 Å². The van der Waals surface area contributed by atoms with Crippen LogP contribution in [-0.2, 0) is 0 Å². The number of likely N-dealkylation sites (tertiary alicyclic amines) is 1. The van der Waals surface area contributed by atoms with Crippen molar-refractivity contribution in [1.82, 2.24) is 4.90 Å². The van der Waals surface area contributed by atoms with Gasteiger partial charge in [-0.15, -0.1) is 0 Å². The Morgan fingerprint density at radius 1 is 0.783 bits per heavy atom. The molecule has 1 nitrogen and oxygen atoms in total. The Balaban J connectivity index is 1.61. The number of rotatable bonds is 7. The van der Waals surface area contributed by atoms with Crippen molar-refractivity contribution >= 4 is 0 Å². The van der Waals surface area contributed by atoms with Crippen molar-refractivity contribution in [2.45, 2.75) is 98.4 Å². The fraction of sp³-hybridized carbons (Fsp3) is 1.00. The third kappa shape index (κ3) is 6.40. The maximum Gasteiger partial charge on any atom is 0.00670 e. The molecule has 1 heteroatoms. The molecule has 0 N–H and O–H groups in total. The lowest BCUT2D eigenvalue weighted by Gasteiger charge is -2.38. The average molecular weight is 322 g/mol. The molecule has 1 saturated heterocycles. The second-order valence-corrected chi connectivity index (χ2v) is 9.56. The molecular weight excluding hydrogens is 278 g/mol. The fourth-order valence-corrected chi connectivity index (χ4v) is 5.11. The van der Waals surface area contributed by atoms with E-state index in [2.05, 4.69) is 39.5 Å². The van der Waals surface area contributed by atoms with Gasteiger partial charge >= 0.3 is 0 Å². The van der Waals surface area contributed by atoms with Crippen molar-refractivity contribution in [2.24, 2.45) is 29.6 Å². The molecule has 0 aromatic heterocycles. The fourth-order valence-electron chi connectivity index (χ4n) is 5.11. The SMILES string of the molecule is CC(C)CC1CCC(CCC(C)N2CCC(C(C)C)CC2)CC1. The van der Waals surface area contributed by atoms with Crippen LogP contribution in [0.2, 0.25) is 0 Å². The van der Waals surface area contributed by atoms with Crippen LogP contribution in [0, 0.1) is 29.6 Å². The molecule has 0 spiro atoms. The van der Waals surface area contributed by atoms with Gasteiger partial charge in [-0.05, 0) is 81.7 Å². The first-order valence-corrected chi connectivity index (χ1v) is 10.7. The molecule has 136 valence electrons. The highest BCUT2D eigenvalue weighted by Crippen LogP contribution is 2.35. The maximum atomic E-state index is 2.78. The minimum Gasteiger partial charge on any atom is -0.301 e. The van der Waals surface area contributed by atoms with Crippen LogP contribution >= 0.6 is 0 Å². The van der Waals surface area contributed by atoms with Crippen LogP contribution in [0.4, 0.5) is 0 Å². The van der Waals surface area contributed by atoms with E-state index in [0.29, 0.717) is 0 Å². The number of hydrogen-bond acceptors (Lipinski definition) is 1. The van der Waals surface area contributed by atoms with Crippen molar-refractivity contribution < 1.29 is 0 Å². The molecule has 0 radical (unpaired) electrons. The molecular formula is C22H43N. The van der Waals surface area contributed by atoms with E-state index >= 15 is 0 Å². The molecule has 2 aliphatic rings. The van der Waals surface area contributed by atoms with Gasteiger partial charge in [-0.25, -0.2) is 0 Å². The first-order valence-electron chi connectivity index (χ1n) is 10.7. The summed E-state index contributed by atoms with van der Waals surface area (Å²) >= 11 is 0. The summed E-state index contributed by atoms with van der Waals surface area (Å²) in [4.78, 5) is 2.78. The highest BCUT2D eigenvalue weighted by Gasteiger charge is 2.26. The van der Waals surface area contributed by atoms with E-state index in [1.165, 1.54) is 70.9 Å². The molecule has 1 unspecified atom stereocenters. The molecule has 1 saturated carbocycles. The Kier molecular flexibility index (Phi) is 7.92. The molecule has 0 amide bonds. The van der Waals surface area contributed by atoms with Crippen molar-refractivity contribution in [3.05, 3.63) is 0 Å². The smallest absolute Gasteiger partial charge is 0.00670 e. The Bertz CT molecular complexity index is 306. The molecule has 1 aliphatic carbocycles. The number of nitrogens with zero attached hydrogens (tertiary/aromatic N) is 1. The summed E-state index contributed by atoms with van der Waals surface area (Å²) < 4.78 is 0. The molecule has 0 aromatic rings. The van der Waals surface area contributed by atoms with Gasteiger partial charge < -0.3 is 4.90 Å². The first kappa shape index (κ1) is 19.3. The summed E-state index contributed by atoms with van der Waals surface area (Å²) in [5.74, 6) is 4.83. The van der Waals surface area contributed by atoms with Crippen LogP contribution in [0.3, 0.4) is 0 Å². The van der Waals surface area contributed by atoms with Crippen LogP contribution in [0.1, 0.15) is 92.4 Å². The van der Waals surface area contributed by atoms with Gasteiger partial charge in [0.2, 0.25) is 0 Å². The van der Waals surface area contributed by atoms with E-state index in [4.69, 9.17) is 0 Å². The highest BCUT2D eigenvalue weighted by molar-refractivity contribution is 4.79. The van der Waals surface area contributed by atoms with E-state index in [1.54, 1.807) is 0 Å². The second kappa shape index (κ2) is 9.44. The Morgan fingerprint density at radius 2 is 1.35 bits per heavy atom. The Morgan fingerprint density at radius 3 is 1.87 bits per heavy atom. The molecule has 1 heterocycles. The summed E-state index contributed by atoms with van der Waals surface area (Å²) in [5.41, 5.74) is 0. The van der Waals surface area contributed by atoms with Crippen molar-refractivity contribution in [1.29, 1.82) is 0 Å². The molecule has 1 atom stereocenters. The molecule has 2 rings (SSSR count). The summed E-state index contributed by atoms with van der Waals surface area (Å²) in [5, 5.41) is 0. The Labute approximate surface area is 146 Å². The number of hydrogen-bond donors (Lipinski definition) is 0. The van der Waals surface area contributed by atoms with Gasteiger partial charge in [0.1, 0.15) is 0 Å². The quantitative estimate of drug-likeness (QED) is 0.526. The van der Waals surface area contributed by atoms with Gasteiger partial charge in [0, 0.05) is 6.04 Å². The zero-order valence-electron chi connectivity index (χ0n) is 16.7. The zero-order valence-corrected chi connectivity index (χ0v) is 16.7. The summed E-state index contributed by atoms with van der Waals surface area (Å²) in [6.45, 7) is 14.8. The monoisotopic (exact) mass is 321 g/mol. The zero-order chi connectivity index (χ0) is 16.8. The molecule has 0 aromatic carbocycles. The predicted octanol–water partition coefficient (Wildman–Crippen LogP) is 6.38. The minimum atomic E-state index is 0.816. The summed E-state index contributed by atoms with van der Waals surface area (Å²) in [6, 6.07) is 0.816. The molecule has 23 heavy (non-hydrogen) atoms. The topological polar surface area (TPSA) is 3.24 Å². The van der Waals surface area contributed by atoms with Crippen molar-refractivity contribution in [3.8, 4) is 0 Å². The van der Waals surface area contributed by atoms with E-state index in [0.717, 1.165) is 35.6 Å². The third-order valence-electron chi connectivity index (χ3n) is 6.90. The summed E-state index contributed by atoms with van der Waals surface area (Å²) in [6.07, 6.45) is 13.3.